The molecule has 1 unspecified atom stereocenters. The molecule has 0 radical (unpaired) electrons. The molecule has 1 N–H and O–H groups in total. The van der Waals surface area contributed by atoms with Crippen LogP contribution in [0.25, 0.3) is 5.69 Å². The molecule has 0 bridgehead atoms. The number of para-hydroxylation sites is 1. The number of aromatic nitrogens is 2. The summed E-state index contributed by atoms with van der Waals surface area (Å²) in [5.74, 6) is -0.772. The number of carbonyl (C=O) groups excluding carboxylic acids is 2. The molecule has 2 aromatic rings. The molecule has 7 nitrogen and oxygen atoms in total. The third-order valence-corrected chi connectivity index (χ3v) is 3.47. The Morgan fingerprint density at radius 1 is 1.29 bits per heavy atom. The molecular formula is C17H21N3O4. The minimum atomic E-state index is -0.708. The van der Waals surface area contributed by atoms with Gasteiger partial charge in [0.2, 0.25) is 5.69 Å². The lowest BCUT2D eigenvalue weighted by molar-refractivity contribution is -0.124. The van der Waals surface area contributed by atoms with Crippen LogP contribution in [0.2, 0.25) is 0 Å². The molecule has 1 amide bonds. The van der Waals surface area contributed by atoms with Crippen LogP contribution in [0.5, 0.6) is 5.75 Å². The predicted molar refractivity (Wildman–Crippen MR) is 88.3 cm³/mol. The van der Waals surface area contributed by atoms with E-state index in [1.54, 1.807) is 6.20 Å². The van der Waals surface area contributed by atoms with Crippen LogP contribution in [-0.4, -0.2) is 41.4 Å². The summed E-state index contributed by atoms with van der Waals surface area (Å²) in [5.41, 5.74) is 0.807. The number of hydrogen-bond donors (Lipinski definition) is 1. The zero-order chi connectivity index (χ0) is 17.5. The summed E-state index contributed by atoms with van der Waals surface area (Å²) in [6, 6.07) is 9.34. The normalized spacial score (nSPS) is 11.6. The van der Waals surface area contributed by atoms with Gasteiger partial charge in [0, 0.05) is 6.04 Å². The fraction of sp³-hybridized carbons (Fsp3) is 0.353. The highest BCUT2D eigenvalue weighted by atomic mass is 16.5. The van der Waals surface area contributed by atoms with Crippen molar-refractivity contribution in [3.05, 3.63) is 42.2 Å². The van der Waals surface area contributed by atoms with Crippen LogP contribution < -0.4 is 10.1 Å². The molecule has 1 atom stereocenters. The molecule has 7 heteroatoms. The van der Waals surface area contributed by atoms with E-state index in [0.717, 1.165) is 12.1 Å². The number of nitrogens with one attached hydrogen (secondary N) is 1. The van der Waals surface area contributed by atoms with Gasteiger partial charge in [-0.25, -0.2) is 9.48 Å². The van der Waals surface area contributed by atoms with Crippen molar-refractivity contribution in [2.75, 3.05) is 13.7 Å². The van der Waals surface area contributed by atoms with Crippen molar-refractivity contribution in [1.82, 2.24) is 15.1 Å². The summed E-state index contributed by atoms with van der Waals surface area (Å²) in [4.78, 5) is 23.9. The monoisotopic (exact) mass is 331 g/mol. The maximum absolute atomic E-state index is 12.2. The van der Waals surface area contributed by atoms with Crippen molar-refractivity contribution < 1.29 is 19.1 Å². The molecule has 0 spiro atoms. The smallest absolute Gasteiger partial charge is 0.363 e. The molecule has 128 valence electrons. The van der Waals surface area contributed by atoms with Crippen molar-refractivity contribution >= 4 is 11.9 Å². The Morgan fingerprint density at radius 3 is 2.62 bits per heavy atom. The number of amides is 1. The Morgan fingerprint density at radius 2 is 2.00 bits per heavy atom. The lowest BCUT2D eigenvalue weighted by Crippen LogP contribution is -2.35. The van der Waals surface area contributed by atoms with Crippen molar-refractivity contribution in [3.63, 3.8) is 0 Å². The summed E-state index contributed by atoms with van der Waals surface area (Å²) in [7, 11) is 1.44. The third-order valence-electron chi connectivity index (χ3n) is 3.47. The number of ether oxygens (including phenoxy) is 2. The Balaban J connectivity index is 2.06. The molecule has 0 saturated heterocycles. The number of benzene rings is 1. The Bertz CT molecular complexity index is 697. The molecule has 0 saturated carbocycles. The van der Waals surface area contributed by atoms with E-state index >= 15 is 0 Å². The van der Waals surface area contributed by atoms with Gasteiger partial charge in [0.25, 0.3) is 5.91 Å². The first-order chi connectivity index (χ1) is 11.5. The van der Waals surface area contributed by atoms with E-state index in [9.17, 15) is 9.59 Å². The van der Waals surface area contributed by atoms with Gasteiger partial charge in [-0.15, -0.1) is 0 Å². The fourth-order valence-electron chi connectivity index (χ4n) is 1.98. The number of nitrogens with zero attached hydrogens (tertiary/aromatic N) is 2. The van der Waals surface area contributed by atoms with Crippen molar-refractivity contribution in [2.24, 2.45) is 0 Å². The molecule has 1 aromatic heterocycles. The third kappa shape index (κ3) is 4.34. The SMILES string of the molecule is CCC(C)NC(=O)COC(=O)c1nn(-c2ccccc2)cc1OC. The first-order valence-electron chi connectivity index (χ1n) is 7.70. The zero-order valence-electron chi connectivity index (χ0n) is 14.0. The van der Waals surface area contributed by atoms with E-state index < -0.39 is 5.97 Å². The van der Waals surface area contributed by atoms with E-state index in [1.165, 1.54) is 11.8 Å². The quantitative estimate of drug-likeness (QED) is 0.784. The van der Waals surface area contributed by atoms with Crippen LogP contribution in [0.15, 0.2) is 36.5 Å². The lowest BCUT2D eigenvalue weighted by Gasteiger charge is -2.11. The van der Waals surface area contributed by atoms with Gasteiger partial charge in [0.1, 0.15) is 0 Å². The second-order valence-corrected chi connectivity index (χ2v) is 5.28. The fourth-order valence-corrected chi connectivity index (χ4v) is 1.98. The molecule has 0 aliphatic rings. The number of carbonyl (C=O) groups is 2. The zero-order valence-corrected chi connectivity index (χ0v) is 14.0. The lowest BCUT2D eigenvalue weighted by atomic mass is 10.2. The summed E-state index contributed by atoms with van der Waals surface area (Å²) in [6.45, 7) is 3.48. The molecule has 1 aromatic carbocycles. The average Bonchev–Trinajstić information content (AvgIpc) is 3.04. The molecule has 0 fully saturated rings. The highest BCUT2D eigenvalue weighted by Crippen LogP contribution is 2.20. The van der Waals surface area contributed by atoms with Gasteiger partial charge in [-0.1, -0.05) is 25.1 Å². The van der Waals surface area contributed by atoms with Gasteiger partial charge in [-0.2, -0.15) is 5.10 Å². The van der Waals surface area contributed by atoms with E-state index in [1.807, 2.05) is 44.2 Å². The minimum Gasteiger partial charge on any atom is -0.493 e. The standard InChI is InChI=1S/C17H21N3O4/c1-4-12(2)18-15(21)11-24-17(22)16-14(23-3)10-20(19-16)13-8-6-5-7-9-13/h5-10,12H,4,11H2,1-3H3,(H,18,21). The molecule has 1 heterocycles. The number of methoxy groups -OCH3 is 1. The van der Waals surface area contributed by atoms with Gasteiger partial charge in [-0.3, -0.25) is 4.79 Å². The maximum Gasteiger partial charge on any atom is 0.363 e. The second-order valence-electron chi connectivity index (χ2n) is 5.28. The topological polar surface area (TPSA) is 82.5 Å². The highest BCUT2D eigenvalue weighted by molar-refractivity contribution is 5.92. The number of hydrogen-bond acceptors (Lipinski definition) is 5. The van der Waals surface area contributed by atoms with Gasteiger partial charge >= 0.3 is 5.97 Å². The molecule has 24 heavy (non-hydrogen) atoms. The molecule has 0 aliphatic heterocycles. The van der Waals surface area contributed by atoms with E-state index in [4.69, 9.17) is 9.47 Å². The first kappa shape index (κ1) is 17.5. The van der Waals surface area contributed by atoms with E-state index in [2.05, 4.69) is 10.4 Å². The van der Waals surface area contributed by atoms with E-state index in [0.29, 0.717) is 0 Å². The van der Waals surface area contributed by atoms with Gasteiger partial charge in [0.15, 0.2) is 12.4 Å². The minimum absolute atomic E-state index is 0.0256. The highest BCUT2D eigenvalue weighted by Gasteiger charge is 2.21. The average molecular weight is 331 g/mol. The van der Waals surface area contributed by atoms with Crippen LogP contribution >= 0.6 is 0 Å². The van der Waals surface area contributed by atoms with Crippen molar-refractivity contribution in [2.45, 2.75) is 26.3 Å². The molecule has 0 aliphatic carbocycles. The summed E-state index contributed by atoms with van der Waals surface area (Å²) < 4.78 is 11.7. The molecule has 2 rings (SSSR count). The van der Waals surface area contributed by atoms with Gasteiger partial charge < -0.3 is 14.8 Å². The number of esters is 1. The van der Waals surface area contributed by atoms with Gasteiger partial charge in [-0.05, 0) is 25.5 Å². The predicted octanol–water partition coefficient (Wildman–Crippen LogP) is 1.95. The van der Waals surface area contributed by atoms with Crippen molar-refractivity contribution in [1.29, 1.82) is 0 Å². The van der Waals surface area contributed by atoms with Crippen LogP contribution in [0, 0.1) is 0 Å². The maximum atomic E-state index is 12.2. The Kier molecular flexibility index (Phi) is 5.95. The van der Waals surface area contributed by atoms with Crippen LogP contribution in [-0.2, 0) is 9.53 Å². The van der Waals surface area contributed by atoms with Crippen LogP contribution in [0.4, 0.5) is 0 Å². The summed E-state index contributed by atoms with van der Waals surface area (Å²) in [5, 5.41) is 6.91. The Hall–Kier alpha value is -2.83. The summed E-state index contributed by atoms with van der Waals surface area (Å²) >= 11 is 0. The van der Waals surface area contributed by atoms with Crippen LogP contribution in [0.1, 0.15) is 30.8 Å². The van der Waals surface area contributed by atoms with Gasteiger partial charge in [0.05, 0.1) is 19.0 Å². The van der Waals surface area contributed by atoms with Crippen molar-refractivity contribution in [3.8, 4) is 11.4 Å². The summed E-state index contributed by atoms with van der Waals surface area (Å²) in [6.07, 6.45) is 2.39. The first-order valence-corrected chi connectivity index (χ1v) is 7.70. The Labute approximate surface area is 140 Å². The molecular weight excluding hydrogens is 310 g/mol. The van der Waals surface area contributed by atoms with Crippen LogP contribution in [0.3, 0.4) is 0 Å². The largest absolute Gasteiger partial charge is 0.493 e. The number of rotatable bonds is 7. The second kappa shape index (κ2) is 8.14. The van der Waals surface area contributed by atoms with E-state index in [-0.39, 0.29) is 30.0 Å².